The largest absolute Gasteiger partial charge is 0.355 e. The molecule has 0 bridgehead atoms. The van der Waals surface area contributed by atoms with Crippen LogP contribution in [-0.2, 0) is 16.0 Å². The van der Waals surface area contributed by atoms with Gasteiger partial charge in [0.15, 0.2) is 0 Å². The second-order valence-electron chi connectivity index (χ2n) is 5.36. The number of hydrogen-bond donors (Lipinski definition) is 3. The Morgan fingerprint density at radius 3 is 2.44 bits per heavy atom. The molecule has 0 radical (unpaired) electrons. The van der Waals surface area contributed by atoms with E-state index >= 15 is 0 Å². The number of hydrogen-bond acceptors (Lipinski definition) is 4. The number of carbonyl (C=O) groups excluding carboxylic acids is 3. The second-order valence-corrected chi connectivity index (χ2v) is 6.31. The minimum atomic E-state index is -0.758. The summed E-state index contributed by atoms with van der Waals surface area (Å²) in [6.07, 6.45) is 0.346. The number of carbonyl (C=O) groups is 3. The third-order valence-corrected chi connectivity index (χ3v) is 4.32. The minimum absolute atomic E-state index is 0.118. The Hall–Kier alpha value is -2.67. The predicted molar refractivity (Wildman–Crippen MR) is 97.4 cm³/mol. The van der Waals surface area contributed by atoms with Crippen LogP contribution in [-0.4, -0.2) is 36.9 Å². The first-order chi connectivity index (χ1) is 12.1. The molecular weight excluding hydrogens is 338 g/mol. The van der Waals surface area contributed by atoms with Gasteiger partial charge < -0.3 is 16.0 Å². The van der Waals surface area contributed by atoms with Crippen LogP contribution < -0.4 is 16.0 Å². The number of likely N-dealkylation sites (N-methyl/N-ethyl adjacent to an activating group) is 1. The lowest BCUT2D eigenvalue weighted by Crippen LogP contribution is -2.50. The monoisotopic (exact) mass is 359 g/mol. The fourth-order valence-corrected chi connectivity index (χ4v) is 2.87. The quantitative estimate of drug-likeness (QED) is 0.665. The number of nitrogens with one attached hydrogen (secondary N) is 3. The van der Waals surface area contributed by atoms with Crippen LogP contribution in [0.5, 0.6) is 0 Å². The number of rotatable bonds is 8. The Balaban J connectivity index is 2.04. The Bertz CT molecular complexity index is 702. The maximum atomic E-state index is 12.5. The molecular formula is C18H21N3O3S. The van der Waals surface area contributed by atoms with Gasteiger partial charge in [-0.05, 0) is 23.9 Å². The molecule has 1 atom stereocenters. The minimum Gasteiger partial charge on any atom is -0.355 e. The standard InChI is InChI=1S/C18H21N3O3S/c1-2-19-16(22)12-20-17(23)14(11-13-7-4-3-5-8-13)21-18(24)15-9-6-10-25-15/h3-10,14H,2,11-12H2,1H3,(H,19,22)(H,20,23)(H,21,24). The molecule has 3 amide bonds. The van der Waals surface area contributed by atoms with Crippen molar-refractivity contribution in [2.75, 3.05) is 13.1 Å². The first-order valence-corrected chi connectivity index (χ1v) is 8.90. The molecule has 1 unspecified atom stereocenters. The van der Waals surface area contributed by atoms with Crippen LogP contribution in [0, 0.1) is 0 Å². The van der Waals surface area contributed by atoms with Gasteiger partial charge in [0, 0.05) is 13.0 Å². The molecule has 0 aliphatic carbocycles. The molecule has 132 valence electrons. The van der Waals surface area contributed by atoms with E-state index in [0.717, 1.165) is 5.56 Å². The zero-order valence-electron chi connectivity index (χ0n) is 14.0. The van der Waals surface area contributed by atoms with E-state index in [0.29, 0.717) is 17.8 Å². The predicted octanol–water partition coefficient (Wildman–Crippen LogP) is 1.34. The third-order valence-electron chi connectivity index (χ3n) is 3.45. The molecule has 1 aromatic carbocycles. The van der Waals surface area contributed by atoms with Gasteiger partial charge in [-0.1, -0.05) is 36.4 Å². The van der Waals surface area contributed by atoms with Crippen LogP contribution in [0.4, 0.5) is 0 Å². The molecule has 0 aliphatic rings. The molecule has 0 saturated heterocycles. The van der Waals surface area contributed by atoms with Gasteiger partial charge in [-0.25, -0.2) is 0 Å². The van der Waals surface area contributed by atoms with Crippen molar-refractivity contribution in [3.05, 3.63) is 58.3 Å². The highest BCUT2D eigenvalue weighted by atomic mass is 32.1. The van der Waals surface area contributed by atoms with E-state index in [1.54, 1.807) is 24.4 Å². The number of amides is 3. The van der Waals surface area contributed by atoms with Crippen molar-refractivity contribution in [3.8, 4) is 0 Å². The van der Waals surface area contributed by atoms with Gasteiger partial charge in [0.2, 0.25) is 11.8 Å². The van der Waals surface area contributed by atoms with Crippen molar-refractivity contribution in [2.24, 2.45) is 0 Å². The molecule has 0 aliphatic heterocycles. The molecule has 25 heavy (non-hydrogen) atoms. The van der Waals surface area contributed by atoms with Crippen LogP contribution in [0.2, 0.25) is 0 Å². The average Bonchev–Trinajstić information content (AvgIpc) is 3.15. The lowest BCUT2D eigenvalue weighted by Gasteiger charge is -2.18. The first kappa shape index (κ1) is 18.7. The highest BCUT2D eigenvalue weighted by Gasteiger charge is 2.22. The number of benzene rings is 1. The van der Waals surface area contributed by atoms with Crippen molar-refractivity contribution >= 4 is 29.1 Å². The van der Waals surface area contributed by atoms with E-state index in [4.69, 9.17) is 0 Å². The first-order valence-electron chi connectivity index (χ1n) is 8.03. The summed E-state index contributed by atoms with van der Waals surface area (Å²) in [5.41, 5.74) is 0.923. The molecule has 0 saturated carbocycles. The molecule has 0 fully saturated rings. The summed E-state index contributed by atoms with van der Waals surface area (Å²) < 4.78 is 0. The molecule has 2 rings (SSSR count). The SMILES string of the molecule is CCNC(=O)CNC(=O)C(Cc1ccccc1)NC(=O)c1cccs1. The number of thiophene rings is 1. The zero-order chi connectivity index (χ0) is 18.1. The lowest BCUT2D eigenvalue weighted by atomic mass is 10.1. The Morgan fingerprint density at radius 1 is 1.04 bits per heavy atom. The Labute approximate surface area is 150 Å². The highest BCUT2D eigenvalue weighted by Crippen LogP contribution is 2.10. The van der Waals surface area contributed by atoms with E-state index in [1.165, 1.54) is 11.3 Å². The molecule has 1 heterocycles. The fraction of sp³-hybridized carbons (Fsp3) is 0.278. The Morgan fingerprint density at radius 2 is 1.80 bits per heavy atom. The van der Waals surface area contributed by atoms with Gasteiger partial charge in [-0.3, -0.25) is 14.4 Å². The maximum absolute atomic E-state index is 12.5. The fourth-order valence-electron chi connectivity index (χ4n) is 2.25. The van der Waals surface area contributed by atoms with Crippen molar-refractivity contribution in [1.29, 1.82) is 0 Å². The van der Waals surface area contributed by atoms with E-state index in [1.807, 2.05) is 30.3 Å². The normalized spacial score (nSPS) is 11.4. The van der Waals surface area contributed by atoms with Gasteiger partial charge in [0.05, 0.1) is 11.4 Å². The van der Waals surface area contributed by atoms with Crippen LogP contribution in [0.25, 0.3) is 0 Å². The Kier molecular flexibility index (Phi) is 7.16. The van der Waals surface area contributed by atoms with Crippen LogP contribution in [0.1, 0.15) is 22.2 Å². The van der Waals surface area contributed by atoms with E-state index in [2.05, 4.69) is 16.0 Å². The summed E-state index contributed by atoms with van der Waals surface area (Å²) in [4.78, 5) is 36.8. The summed E-state index contributed by atoms with van der Waals surface area (Å²) in [5, 5.41) is 9.74. The molecule has 2 aromatic rings. The zero-order valence-corrected chi connectivity index (χ0v) is 14.8. The molecule has 0 spiro atoms. The second kappa shape index (κ2) is 9.58. The summed E-state index contributed by atoms with van der Waals surface area (Å²) in [5.74, 6) is -0.956. The van der Waals surface area contributed by atoms with Gasteiger partial charge in [-0.15, -0.1) is 11.3 Å². The van der Waals surface area contributed by atoms with E-state index in [-0.39, 0.29) is 24.3 Å². The van der Waals surface area contributed by atoms with Gasteiger partial charge in [0.1, 0.15) is 6.04 Å². The molecule has 1 aromatic heterocycles. The average molecular weight is 359 g/mol. The topological polar surface area (TPSA) is 87.3 Å². The maximum Gasteiger partial charge on any atom is 0.262 e. The van der Waals surface area contributed by atoms with E-state index in [9.17, 15) is 14.4 Å². The van der Waals surface area contributed by atoms with E-state index < -0.39 is 6.04 Å². The van der Waals surface area contributed by atoms with Crippen LogP contribution >= 0.6 is 11.3 Å². The van der Waals surface area contributed by atoms with Crippen LogP contribution in [0.15, 0.2) is 47.8 Å². The summed E-state index contributed by atoms with van der Waals surface area (Å²) in [6, 6.07) is 12.1. The van der Waals surface area contributed by atoms with Gasteiger partial charge >= 0.3 is 0 Å². The summed E-state index contributed by atoms with van der Waals surface area (Å²) in [7, 11) is 0. The highest BCUT2D eigenvalue weighted by molar-refractivity contribution is 7.12. The summed E-state index contributed by atoms with van der Waals surface area (Å²) >= 11 is 1.31. The molecule has 7 heteroatoms. The molecule has 6 nitrogen and oxygen atoms in total. The smallest absolute Gasteiger partial charge is 0.262 e. The van der Waals surface area contributed by atoms with Crippen molar-refractivity contribution in [1.82, 2.24) is 16.0 Å². The van der Waals surface area contributed by atoms with Crippen LogP contribution in [0.3, 0.4) is 0 Å². The summed E-state index contributed by atoms with van der Waals surface area (Å²) in [6.45, 7) is 2.18. The van der Waals surface area contributed by atoms with Gasteiger partial charge in [-0.2, -0.15) is 0 Å². The molecule has 3 N–H and O–H groups in total. The lowest BCUT2D eigenvalue weighted by molar-refractivity contribution is -0.127. The van der Waals surface area contributed by atoms with Crippen molar-refractivity contribution in [3.63, 3.8) is 0 Å². The van der Waals surface area contributed by atoms with Crippen molar-refractivity contribution in [2.45, 2.75) is 19.4 Å². The van der Waals surface area contributed by atoms with Gasteiger partial charge in [0.25, 0.3) is 5.91 Å². The van der Waals surface area contributed by atoms with Crippen molar-refractivity contribution < 1.29 is 14.4 Å². The third kappa shape index (κ3) is 6.04.